The SMILES string of the molecule is COc1ccc(OCCC(=O)ONN)c([N+](=O)[O-])c1. The van der Waals surface area contributed by atoms with Gasteiger partial charge in [0.05, 0.1) is 31.1 Å². The molecule has 0 unspecified atom stereocenters. The van der Waals surface area contributed by atoms with Gasteiger partial charge in [-0.05, 0) is 12.1 Å². The molecule has 1 rings (SSSR count). The second-order valence-electron chi connectivity index (χ2n) is 3.28. The van der Waals surface area contributed by atoms with E-state index in [4.69, 9.17) is 15.3 Å². The van der Waals surface area contributed by atoms with E-state index in [2.05, 4.69) is 4.84 Å². The number of nitro benzene ring substituents is 1. The first-order valence-electron chi connectivity index (χ1n) is 5.19. The van der Waals surface area contributed by atoms with Crippen molar-refractivity contribution in [3.8, 4) is 11.5 Å². The van der Waals surface area contributed by atoms with Crippen molar-refractivity contribution in [2.24, 2.45) is 5.84 Å². The lowest BCUT2D eigenvalue weighted by Crippen LogP contribution is -2.27. The van der Waals surface area contributed by atoms with Gasteiger partial charge in [-0.25, -0.2) is 5.84 Å². The lowest BCUT2D eigenvalue weighted by atomic mass is 10.3. The smallest absolute Gasteiger partial charge is 0.329 e. The molecular formula is C10H13N3O6. The van der Waals surface area contributed by atoms with Crippen LogP contribution < -0.4 is 20.9 Å². The van der Waals surface area contributed by atoms with Crippen molar-refractivity contribution in [2.75, 3.05) is 13.7 Å². The van der Waals surface area contributed by atoms with Crippen molar-refractivity contribution in [3.63, 3.8) is 0 Å². The zero-order chi connectivity index (χ0) is 14.3. The van der Waals surface area contributed by atoms with E-state index in [0.717, 1.165) is 0 Å². The number of methoxy groups -OCH3 is 1. The van der Waals surface area contributed by atoms with Crippen LogP contribution in [0.25, 0.3) is 0 Å². The predicted molar refractivity (Wildman–Crippen MR) is 63.2 cm³/mol. The maximum Gasteiger partial charge on any atom is 0.329 e. The molecule has 9 heteroatoms. The number of benzene rings is 1. The molecule has 3 N–H and O–H groups in total. The summed E-state index contributed by atoms with van der Waals surface area (Å²) < 4.78 is 10.0. The Bertz CT molecular complexity index is 465. The van der Waals surface area contributed by atoms with Gasteiger partial charge in [0.15, 0.2) is 5.75 Å². The second-order valence-corrected chi connectivity index (χ2v) is 3.28. The quantitative estimate of drug-likeness (QED) is 0.411. The minimum absolute atomic E-state index is 0.0410. The highest BCUT2D eigenvalue weighted by atomic mass is 16.7. The van der Waals surface area contributed by atoms with E-state index < -0.39 is 10.9 Å². The fourth-order valence-corrected chi connectivity index (χ4v) is 1.25. The monoisotopic (exact) mass is 271 g/mol. The molecule has 0 bridgehead atoms. The highest BCUT2D eigenvalue weighted by Gasteiger charge is 2.17. The summed E-state index contributed by atoms with van der Waals surface area (Å²) in [5.74, 6) is 4.51. The fourth-order valence-electron chi connectivity index (χ4n) is 1.25. The first kappa shape index (κ1) is 14.7. The number of hydrogen-bond acceptors (Lipinski definition) is 8. The summed E-state index contributed by atoms with van der Waals surface area (Å²) in [6.07, 6.45) is -0.104. The summed E-state index contributed by atoms with van der Waals surface area (Å²) in [6.45, 7) is -0.0757. The molecule has 0 aliphatic carbocycles. The van der Waals surface area contributed by atoms with Crippen LogP contribution in [0.15, 0.2) is 18.2 Å². The molecule has 19 heavy (non-hydrogen) atoms. The van der Waals surface area contributed by atoms with Crippen LogP contribution in [0.3, 0.4) is 0 Å². The Morgan fingerprint density at radius 1 is 1.53 bits per heavy atom. The number of rotatable bonds is 7. The topological polar surface area (TPSA) is 126 Å². The summed E-state index contributed by atoms with van der Waals surface area (Å²) in [5, 5.41) is 10.8. The lowest BCUT2D eigenvalue weighted by molar-refractivity contribution is -0.385. The molecule has 0 spiro atoms. The van der Waals surface area contributed by atoms with Crippen LogP contribution in [0.4, 0.5) is 5.69 Å². The molecule has 0 aliphatic rings. The highest BCUT2D eigenvalue weighted by molar-refractivity contribution is 5.69. The summed E-state index contributed by atoms with van der Waals surface area (Å²) in [6, 6.07) is 4.14. The van der Waals surface area contributed by atoms with Crippen LogP contribution in [0, 0.1) is 10.1 Å². The maximum absolute atomic E-state index is 11.0. The number of nitrogens with zero attached hydrogens (tertiary/aromatic N) is 1. The first-order valence-corrected chi connectivity index (χ1v) is 5.19. The number of nitrogens with two attached hydrogens (primary N) is 1. The van der Waals surface area contributed by atoms with Crippen molar-refractivity contribution in [3.05, 3.63) is 28.3 Å². The van der Waals surface area contributed by atoms with Crippen molar-refractivity contribution in [1.82, 2.24) is 5.59 Å². The minimum atomic E-state index is -0.640. The molecule has 0 radical (unpaired) electrons. The molecule has 0 aliphatic heterocycles. The van der Waals surface area contributed by atoms with Gasteiger partial charge >= 0.3 is 11.7 Å². The van der Waals surface area contributed by atoms with Gasteiger partial charge in [0.2, 0.25) is 0 Å². The molecule has 0 saturated carbocycles. The molecular weight excluding hydrogens is 258 g/mol. The van der Waals surface area contributed by atoms with E-state index in [1.165, 1.54) is 25.3 Å². The van der Waals surface area contributed by atoms with Gasteiger partial charge < -0.3 is 14.3 Å². The van der Waals surface area contributed by atoms with Crippen molar-refractivity contribution in [2.45, 2.75) is 6.42 Å². The number of nitro groups is 1. The Balaban J connectivity index is 2.67. The van der Waals surface area contributed by atoms with E-state index >= 15 is 0 Å². The Morgan fingerprint density at radius 2 is 2.26 bits per heavy atom. The number of carbonyl (C=O) groups is 1. The average molecular weight is 271 g/mol. The van der Waals surface area contributed by atoms with Gasteiger partial charge in [-0.15, -0.1) is 0 Å². The largest absolute Gasteiger partial charge is 0.496 e. The highest BCUT2D eigenvalue weighted by Crippen LogP contribution is 2.30. The third kappa shape index (κ3) is 4.41. The summed E-state index contributed by atoms with van der Waals surface area (Å²) >= 11 is 0. The van der Waals surface area contributed by atoms with Crippen molar-refractivity contribution < 1.29 is 24.0 Å². The van der Waals surface area contributed by atoms with Gasteiger partial charge in [-0.3, -0.25) is 14.9 Å². The Kier molecular flexibility index (Phi) is 5.51. The zero-order valence-electron chi connectivity index (χ0n) is 10.1. The predicted octanol–water partition coefficient (Wildman–Crippen LogP) is 0.294. The molecule has 1 aromatic carbocycles. The van der Waals surface area contributed by atoms with Crippen LogP contribution >= 0.6 is 0 Å². The summed E-state index contributed by atoms with van der Waals surface area (Å²) in [7, 11) is 1.40. The van der Waals surface area contributed by atoms with Gasteiger partial charge in [0.25, 0.3) is 0 Å². The minimum Gasteiger partial charge on any atom is -0.496 e. The molecule has 9 nitrogen and oxygen atoms in total. The van der Waals surface area contributed by atoms with Gasteiger partial charge in [0.1, 0.15) is 5.75 Å². The molecule has 0 heterocycles. The van der Waals surface area contributed by atoms with Crippen LogP contribution in [0.1, 0.15) is 6.42 Å². The first-order chi connectivity index (χ1) is 9.08. The zero-order valence-corrected chi connectivity index (χ0v) is 10.1. The van der Waals surface area contributed by atoms with Crippen LogP contribution in [0.5, 0.6) is 11.5 Å². The van der Waals surface area contributed by atoms with Crippen LogP contribution in [0.2, 0.25) is 0 Å². The second kappa shape index (κ2) is 7.13. The lowest BCUT2D eigenvalue weighted by Gasteiger charge is -2.07. The van der Waals surface area contributed by atoms with E-state index in [-0.39, 0.29) is 24.5 Å². The molecule has 0 amide bonds. The van der Waals surface area contributed by atoms with E-state index in [1.54, 1.807) is 5.59 Å². The third-order valence-electron chi connectivity index (χ3n) is 2.10. The van der Waals surface area contributed by atoms with Gasteiger partial charge in [0, 0.05) is 0 Å². The number of hydrazine groups is 1. The molecule has 0 fully saturated rings. The number of nitrogens with one attached hydrogen (secondary N) is 1. The van der Waals surface area contributed by atoms with Crippen LogP contribution in [-0.2, 0) is 9.63 Å². The fraction of sp³-hybridized carbons (Fsp3) is 0.300. The van der Waals surface area contributed by atoms with E-state index in [0.29, 0.717) is 5.75 Å². The molecule has 0 atom stereocenters. The van der Waals surface area contributed by atoms with Crippen LogP contribution in [-0.4, -0.2) is 24.6 Å². The van der Waals surface area contributed by atoms with Gasteiger partial charge in [-0.1, -0.05) is 5.59 Å². The maximum atomic E-state index is 11.0. The Labute approximate surface area is 108 Å². The third-order valence-corrected chi connectivity index (χ3v) is 2.10. The molecule has 104 valence electrons. The van der Waals surface area contributed by atoms with E-state index in [9.17, 15) is 14.9 Å². The number of ether oxygens (including phenoxy) is 2. The Hall–Kier alpha value is -2.39. The van der Waals surface area contributed by atoms with E-state index in [1.807, 2.05) is 0 Å². The molecule has 0 saturated heterocycles. The van der Waals surface area contributed by atoms with Crippen molar-refractivity contribution in [1.29, 1.82) is 0 Å². The summed E-state index contributed by atoms with van der Waals surface area (Å²) in [5.41, 5.74) is 1.49. The van der Waals surface area contributed by atoms with Gasteiger partial charge in [-0.2, -0.15) is 0 Å². The van der Waals surface area contributed by atoms with Crippen molar-refractivity contribution >= 4 is 11.7 Å². The molecule has 1 aromatic rings. The number of carbonyl (C=O) groups excluding carboxylic acids is 1. The number of hydrogen-bond donors (Lipinski definition) is 2. The molecule has 0 aromatic heterocycles. The normalized spacial score (nSPS) is 9.79. The Morgan fingerprint density at radius 3 is 2.84 bits per heavy atom. The average Bonchev–Trinajstić information content (AvgIpc) is 2.39. The summed E-state index contributed by atoms with van der Waals surface area (Å²) in [4.78, 5) is 25.4. The standard InChI is InChI=1S/C10H13N3O6/c1-17-7-2-3-9(8(6-7)13(15)16)18-5-4-10(14)19-12-11/h2-3,6,12H,4-5,11H2,1H3.